The summed E-state index contributed by atoms with van der Waals surface area (Å²) in [6.45, 7) is 1.02. The largest absolute Gasteiger partial charge is 0.378 e. The number of nitrogens with one attached hydrogen (secondary N) is 2. The smallest absolute Gasteiger partial charge is 0.251 e. The van der Waals surface area contributed by atoms with Crippen molar-refractivity contribution in [3.63, 3.8) is 0 Å². The van der Waals surface area contributed by atoms with Gasteiger partial charge in [-0.05, 0) is 48.4 Å². The Kier molecular flexibility index (Phi) is 6.49. The minimum atomic E-state index is -0.324. The first kappa shape index (κ1) is 20.4. The monoisotopic (exact) mass is 394 g/mol. The molecule has 29 heavy (non-hydrogen) atoms. The van der Waals surface area contributed by atoms with Crippen LogP contribution in [0.5, 0.6) is 0 Å². The van der Waals surface area contributed by atoms with Crippen molar-refractivity contribution >= 4 is 29.1 Å². The van der Waals surface area contributed by atoms with Crippen LogP contribution in [0.1, 0.15) is 28.8 Å². The number of hydrogen-bond donors (Lipinski definition) is 2. The van der Waals surface area contributed by atoms with E-state index in [1.165, 1.54) is 0 Å². The van der Waals surface area contributed by atoms with Crippen molar-refractivity contribution in [1.29, 1.82) is 0 Å². The van der Waals surface area contributed by atoms with E-state index in [0.717, 1.165) is 23.4 Å². The Morgan fingerprint density at radius 3 is 2.28 bits per heavy atom. The summed E-state index contributed by atoms with van der Waals surface area (Å²) in [4.78, 5) is 39.8. The predicted molar refractivity (Wildman–Crippen MR) is 113 cm³/mol. The van der Waals surface area contributed by atoms with Gasteiger partial charge in [-0.1, -0.05) is 12.1 Å². The average Bonchev–Trinajstić information content (AvgIpc) is 3.16. The zero-order valence-corrected chi connectivity index (χ0v) is 16.8. The Morgan fingerprint density at radius 2 is 1.69 bits per heavy atom. The van der Waals surface area contributed by atoms with Gasteiger partial charge in [0.05, 0.1) is 6.54 Å². The molecule has 1 aliphatic rings. The number of carbonyl (C=O) groups excluding carboxylic acids is 3. The molecular weight excluding hydrogens is 368 g/mol. The minimum absolute atomic E-state index is 0.0963. The second kappa shape index (κ2) is 9.23. The molecule has 0 saturated carbocycles. The van der Waals surface area contributed by atoms with Gasteiger partial charge in [-0.2, -0.15) is 0 Å². The Hall–Kier alpha value is -3.35. The van der Waals surface area contributed by atoms with Crippen molar-refractivity contribution < 1.29 is 14.4 Å². The second-order valence-corrected chi connectivity index (χ2v) is 7.22. The summed E-state index contributed by atoms with van der Waals surface area (Å²) < 4.78 is 0. The maximum Gasteiger partial charge on any atom is 0.251 e. The van der Waals surface area contributed by atoms with Crippen LogP contribution < -0.4 is 20.4 Å². The molecule has 0 spiro atoms. The molecule has 0 aromatic heterocycles. The van der Waals surface area contributed by atoms with Gasteiger partial charge in [0.15, 0.2) is 0 Å². The molecule has 0 bridgehead atoms. The van der Waals surface area contributed by atoms with Gasteiger partial charge >= 0.3 is 0 Å². The van der Waals surface area contributed by atoms with Crippen molar-refractivity contribution in [1.82, 2.24) is 10.6 Å². The van der Waals surface area contributed by atoms with Crippen molar-refractivity contribution in [3.8, 4) is 0 Å². The van der Waals surface area contributed by atoms with Crippen molar-refractivity contribution in [2.75, 3.05) is 37.0 Å². The number of benzene rings is 2. The molecule has 152 valence electrons. The summed E-state index contributed by atoms with van der Waals surface area (Å²) in [6, 6.07) is 14.7. The molecule has 2 aromatic carbocycles. The lowest BCUT2D eigenvalue weighted by Crippen LogP contribution is -2.36. The first-order chi connectivity index (χ1) is 13.9. The second-order valence-electron chi connectivity index (χ2n) is 7.22. The highest BCUT2D eigenvalue weighted by Crippen LogP contribution is 2.21. The van der Waals surface area contributed by atoms with Gasteiger partial charge < -0.3 is 20.4 Å². The Balaban J connectivity index is 1.44. The molecule has 1 saturated heterocycles. The van der Waals surface area contributed by atoms with E-state index in [0.29, 0.717) is 25.1 Å². The van der Waals surface area contributed by atoms with Gasteiger partial charge in [-0.25, -0.2) is 0 Å². The predicted octanol–water partition coefficient (Wildman–Crippen LogP) is 1.93. The topological polar surface area (TPSA) is 81.8 Å². The molecule has 0 radical (unpaired) electrons. The molecule has 0 atom stereocenters. The van der Waals surface area contributed by atoms with Crippen LogP contribution >= 0.6 is 0 Å². The molecule has 0 aliphatic carbocycles. The van der Waals surface area contributed by atoms with Crippen LogP contribution in [0.25, 0.3) is 0 Å². The summed E-state index contributed by atoms with van der Waals surface area (Å²) in [6.07, 6.45) is 1.42. The molecule has 7 heteroatoms. The maximum absolute atomic E-state index is 12.2. The number of carbonyl (C=O) groups is 3. The van der Waals surface area contributed by atoms with Crippen LogP contribution in [0.4, 0.5) is 11.4 Å². The lowest BCUT2D eigenvalue weighted by molar-refractivity contribution is -0.120. The molecule has 2 aromatic rings. The van der Waals surface area contributed by atoms with Crippen LogP contribution in [-0.2, 0) is 16.1 Å². The average molecular weight is 394 g/mol. The van der Waals surface area contributed by atoms with E-state index in [1.807, 2.05) is 43.3 Å². The number of rotatable bonds is 7. The van der Waals surface area contributed by atoms with Gasteiger partial charge in [0.25, 0.3) is 5.91 Å². The third kappa shape index (κ3) is 5.34. The quantitative estimate of drug-likeness (QED) is 0.752. The SMILES string of the molecule is CN(C)c1ccc(CNC(=O)CNC(=O)c2ccc(N3CCCC3=O)cc2)cc1. The normalized spacial score (nSPS) is 13.3. The fraction of sp³-hybridized carbons (Fsp3) is 0.318. The fourth-order valence-corrected chi connectivity index (χ4v) is 3.15. The van der Waals surface area contributed by atoms with Crippen LogP contribution in [0.15, 0.2) is 48.5 Å². The van der Waals surface area contributed by atoms with Crippen LogP contribution in [0, 0.1) is 0 Å². The molecule has 1 heterocycles. The van der Waals surface area contributed by atoms with Gasteiger partial charge in [0, 0.05) is 50.5 Å². The number of nitrogens with zero attached hydrogens (tertiary/aromatic N) is 2. The lowest BCUT2D eigenvalue weighted by atomic mass is 10.2. The Labute approximate surface area is 170 Å². The zero-order chi connectivity index (χ0) is 20.8. The van der Waals surface area contributed by atoms with Crippen LogP contribution in [0.2, 0.25) is 0 Å². The number of anilines is 2. The highest BCUT2D eigenvalue weighted by atomic mass is 16.2. The maximum atomic E-state index is 12.2. The third-order valence-electron chi connectivity index (χ3n) is 4.87. The van der Waals surface area contributed by atoms with E-state index in [4.69, 9.17) is 0 Å². The summed E-state index contributed by atoms with van der Waals surface area (Å²) >= 11 is 0. The standard InChI is InChI=1S/C22H26N4O3/c1-25(2)18-9-5-16(6-10-18)14-23-20(27)15-24-22(29)17-7-11-19(12-8-17)26-13-3-4-21(26)28/h5-12H,3-4,13-15H2,1-2H3,(H,23,27)(H,24,29). The van der Waals surface area contributed by atoms with Crippen molar-refractivity contribution in [2.24, 2.45) is 0 Å². The van der Waals surface area contributed by atoms with Gasteiger partial charge in [-0.15, -0.1) is 0 Å². The van der Waals surface area contributed by atoms with E-state index >= 15 is 0 Å². The summed E-state index contributed by atoms with van der Waals surface area (Å²) in [7, 11) is 3.94. The van der Waals surface area contributed by atoms with E-state index < -0.39 is 0 Å². The van der Waals surface area contributed by atoms with E-state index in [1.54, 1.807) is 29.2 Å². The Morgan fingerprint density at radius 1 is 1.00 bits per heavy atom. The van der Waals surface area contributed by atoms with Crippen LogP contribution in [-0.4, -0.2) is 44.9 Å². The number of hydrogen-bond acceptors (Lipinski definition) is 4. The summed E-state index contributed by atoms with van der Waals surface area (Å²) in [5.74, 6) is -0.473. The molecule has 2 N–H and O–H groups in total. The van der Waals surface area contributed by atoms with E-state index in [-0.39, 0.29) is 24.3 Å². The highest BCUT2D eigenvalue weighted by Gasteiger charge is 2.21. The Bertz CT molecular complexity index is 876. The van der Waals surface area contributed by atoms with E-state index in [9.17, 15) is 14.4 Å². The molecule has 1 aliphatic heterocycles. The lowest BCUT2D eigenvalue weighted by Gasteiger charge is -2.15. The number of amides is 3. The molecule has 1 fully saturated rings. The van der Waals surface area contributed by atoms with Gasteiger partial charge in [-0.3, -0.25) is 14.4 Å². The molecule has 7 nitrogen and oxygen atoms in total. The third-order valence-corrected chi connectivity index (χ3v) is 4.87. The first-order valence-corrected chi connectivity index (χ1v) is 9.65. The fourth-order valence-electron chi connectivity index (χ4n) is 3.15. The van der Waals surface area contributed by atoms with Crippen molar-refractivity contribution in [2.45, 2.75) is 19.4 Å². The zero-order valence-electron chi connectivity index (χ0n) is 16.8. The highest BCUT2D eigenvalue weighted by molar-refractivity contribution is 5.98. The van der Waals surface area contributed by atoms with Gasteiger partial charge in [0.1, 0.15) is 0 Å². The molecule has 0 unspecified atom stereocenters. The molecule has 3 amide bonds. The summed E-state index contributed by atoms with van der Waals surface area (Å²) in [5, 5.41) is 5.41. The van der Waals surface area contributed by atoms with Crippen molar-refractivity contribution in [3.05, 3.63) is 59.7 Å². The van der Waals surface area contributed by atoms with Gasteiger partial charge in [0.2, 0.25) is 11.8 Å². The summed E-state index contributed by atoms with van der Waals surface area (Å²) in [5.41, 5.74) is 3.32. The van der Waals surface area contributed by atoms with E-state index in [2.05, 4.69) is 10.6 Å². The minimum Gasteiger partial charge on any atom is -0.378 e. The molecule has 3 rings (SSSR count). The first-order valence-electron chi connectivity index (χ1n) is 9.65. The van der Waals surface area contributed by atoms with Crippen LogP contribution in [0.3, 0.4) is 0 Å². The molecular formula is C22H26N4O3.